The molecule has 0 saturated heterocycles. The molecular weight excluding hydrogens is 262 g/mol. The summed E-state index contributed by atoms with van der Waals surface area (Å²) < 4.78 is 0. The quantitative estimate of drug-likeness (QED) is 0.875. The van der Waals surface area contributed by atoms with Gasteiger partial charge in [-0.2, -0.15) is 0 Å². The average Bonchev–Trinajstić information content (AvgIpc) is 2.80. The lowest BCUT2D eigenvalue weighted by Gasteiger charge is -2.26. The molecule has 1 aromatic carbocycles. The standard InChI is InChI=1S/C18H27NO2/c1-18(2,3)11-15(12-20)19-17(21)10-14-9-8-13-6-4-5-7-16(13)14/h4-7,14-15,20H,8-12H2,1-3H3,(H,19,21). The molecule has 0 aromatic heterocycles. The third kappa shape index (κ3) is 4.57. The second kappa shape index (κ2) is 6.61. The zero-order chi connectivity index (χ0) is 15.5. The number of carbonyl (C=O) groups excluding carboxylic acids is 1. The van der Waals surface area contributed by atoms with Crippen LogP contribution in [0.25, 0.3) is 0 Å². The highest BCUT2D eigenvalue weighted by Crippen LogP contribution is 2.35. The summed E-state index contributed by atoms with van der Waals surface area (Å²) in [5.41, 5.74) is 2.80. The number of hydrogen-bond acceptors (Lipinski definition) is 2. The first kappa shape index (κ1) is 16.0. The number of aryl methyl sites for hydroxylation is 1. The van der Waals surface area contributed by atoms with Crippen LogP contribution in [0.15, 0.2) is 24.3 Å². The number of hydrogen-bond donors (Lipinski definition) is 2. The SMILES string of the molecule is CC(C)(C)CC(CO)NC(=O)CC1CCc2ccccc21. The molecular formula is C18H27NO2. The van der Waals surface area contributed by atoms with Gasteiger partial charge in [-0.15, -0.1) is 0 Å². The number of nitrogens with one attached hydrogen (secondary N) is 1. The molecule has 2 N–H and O–H groups in total. The predicted octanol–water partition coefficient (Wildman–Crippen LogP) is 3.02. The Labute approximate surface area is 127 Å². The summed E-state index contributed by atoms with van der Waals surface area (Å²) in [4.78, 5) is 12.2. The predicted molar refractivity (Wildman–Crippen MR) is 85.2 cm³/mol. The Morgan fingerprint density at radius 1 is 1.38 bits per heavy atom. The second-order valence-corrected chi connectivity index (χ2v) is 7.35. The molecule has 0 bridgehead atoms. The molecule has 0 saturated carbocycles. The molecule has 2 atom stereocenters. The van der Waals surface area contributed by atoms with E-state index in [1.54, 1.807) is 0 Å². The Kier molecular flexibility index (Phi) is 5.04. The zero-order valence-corrected chi connectivity index (χ0v) is 13.4. The minimum Gasteiger partial charge on any atom is -0.394 e. The van der Waals surface area contributed by atoms with Gasteiger partial charge in [0.1, 0.15) is 0 Å². The van der Waals surface area contributed by atoms with E-state index in [1.165, 1.54) is 11.1 Å². The van der Waals surface area contributed by atoms with E-state index in [0.29, 0.717) is 12.3 Å². The maximum absolute atomic E-state index is 12.2. The van der Waals surface area contributed by atoms with Crippen molar-refractivity contribution in [3.63, 3.8) is 0 Å². The van der Waals surface area contributed by atoms with Crippen LogP contribution in [-0.2, 0) is 11.2 Å². The summed E-state index contributed by atoms with van der Waals surface area (Å²) in [5, 5.41) is 12.4. The van der Waals surface area contributed by atoms with E-state index < -0.39 is 0 Å². The van der Waals surface area contributed by atoms with E-state index in [1.807, 2.05) is 6.07 Å². The summed E-state index contributed by atoms with van der Waals surface area (Å²) in [6.45, 7) is 6.36. The van der Waals surface area contributed by atoms with Gasteiger partial charge >= 0.3 is 0 Å². The van der Waals surface area contributed by atoms with Crippen molar-refractivity contribution in [3.8, 4) is 0 Å². The average molecular weight is 289 g/mol. The number of benzene rings is 1. The molecule has 1 amide bonds. The van der Waals surface area contributed by atoms with Gasteiger partial charge in [0.2, 0.25) is 5.91 Å². The fraction of sp³-hybridized carbons (Fsp3) is 0.611. The first-order valence-electron chi connectivity index (χ1n) is 7.87. The normalized spacial score (nSPS) is 19.1. The van der Waals surface area contributed by atoms with Crippen LogP contribution in [0.2, 0.25) is 0 Å². The second-order valence-electron chi connectivity index (χ2n) is 7.35. The molecule has 3 heteroatoms. The number of rotatable bonds is 5. The number of amides is 1. The van der Waals surface area contributed by atoms with Crippen molar-refractivity contribution < 1.29 is 9.90 Å². The fourth-order valence-corrected chi connectivity index (χ4v) is 3.27. The van der Waals surface area contributed by atoms with Gasteiger partial charge in [-0.05, 0) is 41.7 Å². The summed E-state index contributed by atoms with van der Waals surface area (Å²) in [6.07, 6.45) is 3.43. The van der Waals surface area contributed by atoms with Crippen LogP contribution in [0.4, 0.5) is 0 Å². The van der Waals surface area contributed by atoms with E-state index in [0.717, 1.165) is 19.3 Å². The Balaban J connectivity index is 1.90. The maximum Gasteiger partial charge on any atom is 0.220 e. The number of carbonyl (C=O) groups is 1. The maximum atomic E-state index is 12.2. The first-order chi connectivity index (χ1) is 9.89. The highest BCUT2D eigenvalue weighted by atomic mass is 16.3. The van der Waals surface area contributed by atoms with Crippen molar-refractivity contribution in [2.24, 2.45) is 5.41 Å². The summed E-state index contributed by atoms with van der Waals surface area (Å²) in [6, 6.07) is 8.26. The van der Waals surface area contributed by atoms with Gasteiger partial charge in [-0.25, -0.2) is 0 Å². The van der Waals surface area contributed by atoms with Crippen LogP contribution >= 0.6 is 0 Å². The van der Waals surface area contributed by atoms with E-state index in [2.05, 4.69) is 44.3 Å². The van der Waals surface area contributed by atoms with Gasteiger partial charge in [0.05, 0.1) is 12.6 Å². The number of aliphatic hydroxyl groups excluding tert-OH is 1. The number of aliphatic hydroxyl groups is 1. The van der Waals surface area contributed by atoms with Crippen LogP contribution in [-0.4, -0.2) is 23.7 Å². The van der Waals surface area contributed by atoms with Crippen LogP contribution in [0, 0.1) is 5.41 Å². The molecule has 2 rings (SSSR count). The summed E-state index contributed by atoms with van der Waals surface area (Å²) >= 11 is 0. The summed E-state index contributed by atoms with van der Waals surface area (Å²) in [5.74, 6) is 0.384. The first-order valence-corrected chi connectivity index (χ1v) is 7.87. The van der Waals surface area contributed by atoms with Gasteiger partial charge in [0.25, 0.3) is 0 Å². The highest BCUT2D eigenvalue weighted by molar-refractivity contribution is 5.77. The third-order valence-electron chi connectivity index (χ3n) is 4.13. The minimum absolute atomic E-state index is 0.00423. The van der Waals surface area contributed by atoms with E-state index in [4.69, 9.17) is 0 Å². The van der Waals surface area contributed by atoms with Crippen LogP contribution in [0.5, 0.6) is 0 Å². The van der Waals surface area contributed by atoms with Crippen LogP contribution in [0.3, 0.4) is 0 Å². The molecule has 2 unspecified atom stereocenters. The topological polar surface area (TPSA) is 49.3 Å². The lowest BCUT2D eigenvalue weighted by molar-refractivity contribution is -0.122. The molecule has 116 valence electrons. The Bertz CT molecular complexity index is 490. The third-order valence-corrected chi connectivity index (χ3v) is 4.13. The van der Waals surface area contributed by atoms with Gasteiger partial charge in [0, 0.05) is 6.42 Å². The van der Waals surface area contributed by atoms with Gasteiger partial charge in [-0.1, -0.05) is 45.0 Å². The Morgan fingerprint density at radius 3 is 2.76 bits per heavy atom. The van der Waals surface area contributed by atoms with E-state index in [9.17, 15) is 9.90 Å². The van der Waals surface area contributed by atoms with Gasteiger partial charge < -0.3 is 10.4 Å². The molecule has 0 aliphatic heterocycles. The Morgan fingerprint density at radius 2 is 2.10 bits per heavy atom. The van der Waals surface area contributed by atoms with Crippen molar-refractivity contribution in [2.45, 2.75) is 58.4 Å². The number of fused-ring (bicyclic) bond motifs is 1. The van der Waals surface area contributed by atoms with Crippen molar-refractivity contribution in [1.82, 2.24) is 5.32 Å². The summed E-state index contributed by atoms with van der Waals surface area (Å²) in [7, 11) is 0. The van der Waals surface area contributed by atoms with Crippen molar-refractivity contribution in [1.29, 1.82) is 0 Å². The molecule has 21 heavy (non-hydrogen) atoms. The van der Waals surface area contributed by atoms with Crippen LogP contribution in [0.1, 0.15) is 57.1 Å². The lowest BCUT2D eigenvalue weighted by Crippen LogP contribution is -2.40. The molecule has 3 nitrogen and oxygen atoms in total. The molecule has 1 aromatic rings. The molecule has 0 spiro atoms. The molecule has 0 fully saturated rings. The monoisotopic (exact) mass is 289 g/mol. The van der Waals surface area contributed by atoms with Crippen LogP contribution < -0.4 is 5.32 Å². The zero-order valence-electron chi connectivity index (χ0n) is 13.4. The van der Waals surface area contributed by atoms with Gasteiger partial charge in [-0.3, -0.25) is 4.79 Å². The smallest absolute Gasteiger partial charge is 0.220 e. The molecule has 0 heterocycles. The van der Waals surface area contributed by atoms with E-state index >= 15 is 0 Å². The molecule has 0 radical (unpaired) electrons. The van der Waals surface area contributed by atoms with E-state index in [-0.39, 0.29) is 24.0 Å². The molecule has 1 aliphatic carbocycles. The minimum atomic E-state index is -0.144. The lowest BCUT2D eigenvalue weighted by atomic mass is 9.88. The van der Waals surface area contributed by atoms with Crippen molar-refractivity contribution in [3.05, 3.63) is 35.4 Å². The molecule has 1 aliphatic rings. The Hall–Kier alpha value is -1.35. The fourth-order valence-electron chi connectivity index (χ4n) is 3.27. The van der Waals surface area contributed by atoms with Crippen molar-refractivity contribution in [2.75, 3.05) is 6.61 Å². The largest absolute Gasteiger partial charge is 0.394 e. The van der Waals surface area contributed by atoms with Crippen molar-refractivity contribution >= 4 is 5.91 Å². The highest BCUT2D eigenvalue weighted by Gasteiger charge is 2.26. The van der Waals surface area contributed by atoms with Gasteiger partial charge in [0.15, 0.2) is 0 Å².